The monoisotopic (exact) mass is 367 g/mol. The van der Waals surface area contributed by atoms with Crippen molar-refractivity contribution in [3.63, 3.8) is 0 Å². The quantitative estimate of drug-likeness (QED) is 0.602. The van der Waals surface area contributed by atoms with Crippen LogP contribution in [0.5, 0.6) is 0 Å². The molecule has 2 N–H and O–H groups in total. The van der Waals surface area contributed by atoms with E-state index in [-0.39, 0.29) is 18.6 Å². The Labute approximate surface area is 156 Å². The third kappa shape index (κ3) is 5.64. The summed E-state index contributed by atoms with van der Waals surface area (Å²) in [5.74, 6) is -0.257. The van der Waals surface area contributed by atoms with E-state index in [1.54, 1.807) is 5.06 Å². The molecule has 8 heteroatoms. The highest BCUT2D eigenvalue weighted by Crippen LogP contribution is 2.17. The van der Waals surface area contributed by atoms with E-state index < -0.39 is 0 Å². The van der Waals surface area contributed by atoms with Crippen molar-refractivity contribution >= 4 is 12.4 Å². The minimum atomic E-state index is -0.278. The van der Waals surface area contributed by atoms with E-state index in [2.05, 4.69) is 20.4 Å². The Morgan fingerprint density at radius 3 is 2.42 bits per heavy atom. The molecule has 3 aliphatic heterocycles. The fourth-order valence-corrected chi connectivity index (χ4v) is 4.25. The van der Waals surface area contributed by atoms with Gasteiger partial charge in [0.05, 0.1) is 12.6 Å². The first kappa shape index (κ1) is 19.5. The lowest BCUT2D eigenvalue weighted by Crippen LogP contribution is -2.58. The minimum Gasteiger partial charge on any atom is -0.368 e. The molecule has 0 aliphatic carbocycles. The van der Waals surface area contributed by atoms with Crippen LogP contribution in [-0.4, -0.2) is 91.8 Å². The molecule has 148 valence electrons. The van der Waals surface area contributed by atoms with Crippen LogP contribution in [0.1, 0.15) is 38.5 Å². The van der Waals surface area contributed by atoms with E-state index in [0.717, 1.165) is 65.2 Å². The van der Waals surface area contributed by atoms with Crippen LogP contribution in [0.25, 0.3) is 0 Å². The molecule has 0 spiro atoms. The molecule has 0 aromatic heterocycles. The number of piperidine rings is 2. The Balaban J connectivity index is 1.45. The average molecular weight is 367 g/mol. The van der Waals surface area contributed by atoms with Crippen LogP contribution >= 0.6 is 0 Å². The molecule has 0 aromatic carbocycles. The second-order valence-electron chi connectivity index (χ2n) is 7.51. The number of hydroxylamine groups is 2. The van der Waals surface area contributed by atoms with E-state index in [9.17, 15) is 9.59 Å². The molecule has 0 saturated carbocycles. The zero-order valence-electron chi connectivity index (χ0n) is 15.7. The molecule has 26 heavy (non-hydrogen) atoms. The van der Waals surface area contributed by atoms with Gasteiger partial charge < -0.3 is 15.5 Å². The Hall–Kier alpha value is -1.22. The van der Waals surface area contributed by atoms with E-state index >= 15 is 0 Å². The third-order valence-corrected chi connectivity index (χ3v) is 5.78. The summed E-state index contributed by atoms with van der Waals surface area (Å²) < 4.78 is 0. The van der Waals surface area contributed by atoms with Crippen molar-refractivity contribution < 1.29 is 14.4 Å². The maximum absolute atomic E-state index is 12.3. The number of carbonyl (C=O) groups excluding carboxylic acids is 2. The molecule has 8 nitrogen and oxygen atoms in total. The maximum atomic E-state index is 12.3. The highest BCUT2D eigenvalue weighted by atomic mass is 16.7. The van der Waals surface area contributed by atoms with Crippen molar-refractivity contribution in [2.24, 2.45) is 0 Å². The summed E-state index contributed by atoms with van der Waals surface area (Å²) in [6, 6.07) is 0.667. The van der Waals surface area contributed by atoms with Crippen molar-refractivity contribution in [2.75, 3.05) is 52.4 Å². The number of carbonyl (C=O) groups is 2. The molecule has 1 atom stereocenters. The van der Waals surface area contributed by atoms with Gasteiger partial charge in [-0.3, -0.25) is 19.4 Å². The van der Waals surface area contributed by atoms with E-state index in [0.29, 0.717) is 12.5 Å². The predicted molar refractivity (Wildman–Crippen MR) is 98.2 cm³/mol. The predicted octanol–water partition coefficient (Wildman–Crippen LogP) is -0.238. The maximum Gasteiger partial charge on any atom is 0.328 e. The summed E-state index contributed by atoms with van der Waals surface area (Å²) in [5.41, 5.74) is 0. The van der Waals surface area contributed by atoms with E-state index in [1.807, 2.05) is 0 Å². The summed E-state index contributed by atoms with van der Waals surface area (Å²) in [6.45, 7) is 7.54. The lowest BCUT2D eigenvalue weighted by atomic mass is 10.0. The largest absolute Gasteiger partial charge is 0.368 e. The Morgan fingerprint density at radius 1 is 1.08 bits per heavy atom. The topological polar surface area (TPSA) is 77.2 Å². The Bertz CT molecular complexity index is 444. The summed E-state index contributed by atoms with van der Waals surface area (Å²) in [7, 11) is 0. The van der Waals surface area contributed by atoms with Gasteiger partial charge in [0.1, 0.15) is 0 Å². The lowest BCUT2D eigenvalue weighted by Gasteiger charge is -2.43. The SMILES string of the molecule is O=CNC(CC(=O)ON1CCCCC1)N1CCN(C2CCNCC2)CC1. The molecule has 3 heterocycles. The first-order valence-electron chi connectivity index (χ1n) is 10.1. The molecular formula is C18H33N5O3. The fourth-order valence-electron chi connectivity index (χ4n) is 4.25. The number of nitrogens with one attached hydrogen (secondary N) is 2. The Kier molecular flexibility index (Phi) is 7.67. The second-order valence-corrected chi connectivity index (χ2v) is 7.51. The highest BCUT2D eigenvalue weighted by Gasteiger charge is 2.30. The summed E-state index contributed by atoms with van der Waals surface area (Å²) in [5, 5.41) is 7.99. The second kappa shape index (κ2) is 10.2. The standard InChI is InChI=1S/C18H33N5O3/c24-15-20-17(14-18(25)26-23-8-2-1-3-9-23)22-12-10-21(11-13-22)16-4-6-19-7-5-16/h15-17,19H,1-14H2,(H,20,24). The van der Waals surface area contributed by atoms with Gasteiger partial charge >= 0.3 is 5.97 Å². The number of hydrogen-bond donors (Lipinski definition) is 2. The fraction of sp³-hybridized carbons (Fsp3) is 0.889. The molecule has 1 amide bonds. The van der Waals surface area contributed by atoms with Crippen LogP contribution in [-0.2, 0) is 14.4 Å². The summed E-state index contributed by atoms with van der Waals surface area (Å²) in [4.78, 5) is 33.5. The zero-order valence-corrected chi connectivity index (χ0v) is 15.7. The first-order chi connectivity index (χ1) is 12.8. The molecule has 3 saturated heterocycles. The number of nitrogens with zero attached hydrogens (tertiary/aromatic N) is 3. The lowest BCUT2D eigenvalue weighted by molar-refractivity contribution is -0.196. The highest BCUT2D eigenvalue weighted by molar-refractivity contribution is 5.70. The van der Waals surface area contributed by atoms with Crippen LogP contribution < -0.4 is 10.6 Å². The van der Waals surface area contributed by atoms with Gasteiger partial charge in [-0.15, -0.1) is 5.06 Å². The summed E-state index contributed by atoms with van der Waals surface area (Å²) in [6.07, 6.45) is 6.37. The van der Waals surface area contributed by atoms with Gasteiger partial charge in [-0.2, -0.15) is 0 Å². The van der Waals surface area contributed by atoms with Crippen molar-refractivity contribution in [1.82, 2.24) is 25.5 Å². The van der Waals surface area contributed by atoms with Crippen LogP contribution in [0, 0.1) is 0 Å². The molecule has 0 bridgehead atoms. The molecule has 3 fully saturated rings. The van der Waals surface area contributed by atoms with Gasteiger partial charge in [0.2, 0.25) is 6.41 Å². The van der Waals surface area contributed by atoms with E-state index in [1.165, 1.54) is 19.3 Å². The van der Waals surface area contributed by atoms with Crippen molar-refractivity contribution in [3.8, 4) is 0 Å². The van der Waals surface area contributed by atoms with Gasteiger partial charge in [0.15, 0.2) is 0 Å². The van der Waals surface area contributed by atoms with Gasteiger partial charge in [-0.05, 0) is 38.8 Å². The van der Waals surface area contributed by atoms with E-state index in [4.69, 9.17) is 4.84 Å². The first-order valence-corrected chi connectivity index (χ1v) is 10.1. The number of amides is 1. The van der Waals surface area contributed by atoms with Crippen LogP contribution in [0.4, 0.5) is 0 Å². The van der Waals surface area contributed by atoms with Crippen LogP contribution in [0.3, 0.4) is 0 Å². The van der Waals surface area contributed by atoms with Crippen molar-refractivity contribution in [3.05, 3.63) is 0 Å². The molecule has 1 unspecified atom stereocenters. The Morgan fingerprint density at radius 2 is 1.77 bits per heavy atom. The number of rotatable bonds is 7. The van der Waals surface area contributed by atoms with Gasteiger partial charge in [-0.1, -0.05) is 6.42 Å². The molecule has 0 aromatic rings. The molecular weight excluding hydrogens is 334 g/mol. The van der Waals surface area contributed by atoms with Gasteiger partial charge in [0, 0.05) is 45.3 Å². The minimum absolute atomic E-state index is 0.197. The number of hydrogen-bond acceptors (Lipinski definition) is 7. The number of piperazine rings is 1. The van der Waals surface area contributed by atoms with Gasteiger partial charge in [0.25, 0.3) is 0 Å². The summed E-state index contributed by atoms with van der Waals surface area (Å²) >= 11 is 0. The van der Waals surface area contributed by atoms with Crippen molar-refractivity contribution in [1.29, 1.82) is 0 Å². The average Bonchev–Trinajstić information content (AvgIpc) is 2.69. The molecule has 0 radical (unpaired) electrons. The van der Waals surface area contributed by atoms with Crippen LogP contribution in [0.15, 0.2) is 0 Å². The van der Waals surface area contributed by atoms with Crippen molar-refractivity contribution in [2.45, 2.75) is 50.7 Å². The van der Waals surface area contributed by atoms with Crippen LogP contribution in [0.2, 0.25) is 0 Å². The molecule has 3 aliphatic rings. The van der Waals surface area contributed by atoms with Gasteiger partial charge in [-0.25, -0.2) is 0 Å². The smallest absolute Gasteiger partial charge is 0.328 e. The third-order valence-electron chi connectivity index (χ3n) is 5.78. The molecule has 3 rings (SSSR count). The zero-order chi connectivity index (χ0) is 18.2. The normalized spacial score (nSPS) is 25.5.